The normalized spacial score (nSPS) is 11.4. The van der Waals surface area contributed by atoms with Crippen LogP contribution in [0, 0.1) is 4.91 Å². The molecule has 3 rings (SSSR count). The van der Waals surface area contributed by atoms with Gasteiger partial charge < -0.3 is 23.7 Å². The molecule has 11 heteroatoms. The largest absolute Gasteiger partial charge is 0.496 e. The molecule has 0 aliphatic rings. The zero-order valence-electron chi connectivity index (χ0n) is 22.9. The maximum absolute atomic E-state index is 13.7. The topological polar surface area (TPSA) is 125 Å². The van der Waals surface area contributed by atoms with Gasteiger partial charge in [0, 0.05) is 16.4 Å². The van der Waals surface area contributed by atoms with Crippen LogP contribution >= 0.6 is 11.8 Å². The van der Waals surface area contributed by atoms with Gasteiger partial charge in [-0.25, -0.2) is 0 Å². The van der Waals surface area contributed by atoms with Gasteiger partial charge in [0.2, 0.25) is 10.9 Å². The number of nitrogens with zero attached hydrogens (tertiary/aromatic N) is 1. The number of carbonyl (C=O) groups excluding carboxylic acids is 1. The molecule has 1 atom stereocenters. The molecule has 0 aromatic heterocycles. The minimum Gasteiger partial charge on any atom is -0.496 e. The molecule has 0 aliphatic carbocycles. The second kappa shape index (κ2) is 13.2. The van der Waals surface area contributed by atoms with E-state index in [2.05, 4.69) is 10.7 Å². The molecule has 2 N–H and O–H groups in total. The molecule has 0 heterocycles. The third-order valence-electron chi connectivity index (χ3n) is 6.09. The van der Waals surface area contributed by atoms with Crippen molar-refractivity contribution in [3.05, 3.63) is 58.0 Å². The predicted molar refractivity (Wildman–Crippen MR) is 153 cm³/mol. The molecule has 39 heavy (non-hydrogen) atoms. The summed E-state index contributed by atoms with van der Waals surface area (Å²) in [4.78, 5) is 25.4. The lowest BCUT2D eigenvalue weighted by molar-refractivity contribution is 0.108. The molecule has 3 aromatic carbocycles. The zero-order valence-corrected chi connectivity index (χ0v) is 23.7. The van der Waals surface area contributed by atoms with E-state index in [1.807, 2.05) is 19.9 Å². The summed E-state index contributed by atoms with van der Waals surface area (Å²) in [6, 6.07) is 7.93. The Kier molecular flexibility index (Phi) is 10.0. The van der Waals surface area contributed by atoms with E-state index >= 15 is 0 Å². The Bertz CT molecular complexity index is 1380. The lowest BCUT2D eigenvalue weighted by Crippen LogP contribution is -2.06. The minimum atomic E-state index is -0.454. The number of rotatable bonds is 12. The van der Waals surface area contributed by atoms with E-state index in [0.29, 0.717) is 62.8 Å². The van der Waals surface area contributed by atoms with Crippen LogP contribution in [0.1, 0.15) is 41.4 Å². The van der Waals surface area contributed by atoms with Crippen LogP contribution in [0.2, 0.25) is 0 Å². The van der Waals surface area contributed by atoms with Crippen LogP contribution in [0.25, 0.3) is 10.8 Å². The highest BCUT2D eigenvalue weighted by atomic mass is 32.2. The quantitative estimate of drug-likeness (QED) is 0.136. The highest BCUT2D eigenvalue weighted by Crippen LogP contribution is 2.51. The van der Waals surface area contributed by atoms with Gasteiger partial charge in [-0.15, -0.1) is 4.91 Å². The molecule has 3 aromatic rings. The molecule has 208 valence electrons. The number of ether oxygens (including phenoxy) is 5. The molecular formula is C28H32N2O8S. The van der Waals surface area contributed by atoms with Crippen molar-refractivity contribution in [1.29, 1.82) is 0 Å². The van der Waals surface area contributed by atoms with Crippen LogP contribution < -0.4 is 29.2 Å². The molecule has 0 unspecified atom stereocenters. The number of nitrogens with one attached hydrogen (secondary N) is 1. The van der Waals surface area contributed by atoms with Crippen LogP contribution in [0.15, 0.2) is 47.2 Å². The number of thioether (sulfide) groups is 1. The predicted octanol–water partition coefficient (Wildman–Crippen LogP) is 7.05. The van der Waals surface area contributed by atoms with Gasteiger partial charge in [0.05, 0.1) is 52.0 Å². The summed E-state index contributed by atoms with van der Waals surface area (Å²) in [6.45, 7) is 3.93. The Balaban J connectivity index is 2.24. The van der Waals surface area contributed by atoms with Gasteiger partial charge >= 0.3 is 0 Å². The minimum absolute atomic E-state index is 0.0999. The van der Waals surface area contributed by atoms with Crippen LogP contribution in [0.5, 0.6) is 28.7 Å². The van der Waals surface area contributed by atoms with Gasteiger partial charge in [0.25, 0.3) is 0 Å². The average Bonchev–Trinajstić information content (AvgIpc) is 2.96. The number of anilines is 1. The molecule has 0 radical (unpaired) electrons. The van der Waals surface area contributed by atoms with Crippen molar-refractivity contribution < 1.29 is 33.7 Å². The first-order chi connectivity index (χ1) is 18.8. The molecule has 10 nitrogen and oxygen atoms in total. The molecule has 0 fully saturated rings. The van der Waals surface area contributed by atoms with Crippen LogP contribution in [-0.2, 0) is 0 Å². The number of carbonyl (C=O) groups is 1. The Hall–Kier alpha value is -3.96. The molecule has 0 saturated heterocycles. The summed E-state index contributed by atoms with van der Waals surface area (Å²) < 4.78 is 27.7. The highest BCUT2D eigenvalue weighted by molar-refractivity contribution is 8.14. The SMILES string of the molecule is COc1cc(C(=O)S[C@H](CC=C(C)C)c2cc(OC)c3c(NO)ccc(N=O)c3c2OC)cc(OC)c1OC. The standard InChI is InChI=1S/C28H32N2O8S/c1-15(2)8-11-23(39-28(31)16-12-21(35-4)27(38-7)22(13-16)36-5)17-14-20(34-3)24-18(29-32)9-10-19(30-33)25(24)26(17)37-6/h8-10,12-14,23,29,32H,11H2,1-7H3/t23-/m1/s1. The maximum Gasteiger partial charge on any atom is 0.220 e. The fraction of sp³-hybridized carbons (Fsp3) is 0.321. The van der Waals surface area contributed by atoms with E-state index in [-0.39, 0.29) is 10.8 Å². The summed E-state index contributed by atoms with van der Waals surface area (Å²) >= 11 is 1.08. The number of methoxy groups -OCH3 is 5. The summed E-state index contributed by atoms with van der Waals surface area (Å²) in [5, 5.41) is 13.0. The third-order valence-corrected chi connectivity index (χ3v) is 7.27. The summed E-state index contributed by atoms with van der Waals surface area (Å²) in [6.07, 6.45) is 2.48. The van der Waals surface area contributed by atoms with Crippen molar-refractivity contribution in [2.45, 2.75) is 25.5 Å². The number of benzene rings is 3. The van der Waals surface area contributed by atoms with Crippen molar-refractivity contribution >= 4 is 39.0 Å². The highest BCUT2D eigenvalue weighted by Gasteiger charge is 2.28. The second-order valence-electron chi connectivity index (χ2n) is 8.61. The molecule has 0 aliphatic heterocycles. The van der Waals surface area contributed by atoms with Crippen molar-refractivity contribution in [2.24, 2.45) is 5.18 Å². The molecular weight excluding hydrogens is 524 g/mol. The number of hydrogen-bond acceptors (Lipinski definition) is 11. The summed E-state index contributed by atoms with van der Waals surface area (Å²) in [5.74, 6) is 1.81. The van der Waals surface area contributed by atoms with Crippen LogP contribution in [0.3, 0.4) is 0 Å². The zero-order chi connectivity index (χ0) is 28.7. The van der Waals surface area contributed by atoms with Crippen molar-refractivity contribution in [1.82, 2.24) is 0 Å². The second-order valence-corrected chi connectivity index (χ2v) is 9.79. The first-order valence-electron chi connectivity index (χ1n) is 11.9. The van der Waals surface area contributed by atoms with Crippen LogP contribution in [-0.4, -0.2) is 45.9 Å². The van der Waals surface area contributed by atoms with Gasteiger partial charge in [0.15, 0.2) is 11.5 Å². The first kappa shape index (κ1) is 29.6. The van der Waals surface area contributed by atoms with Gasteiger partial charge in [-0.05, 0) is 55.8 Å². The van der Waals surface area contributed by atoms with E-state index in [1.54, 1.807) is 18.2 Å². The van der Waals surface area contributed by atoms with Crippen molar-refractivity contribution in [3.63, 3.8) is 0 Å². The van der Waals surface area contributed by atoms with Crippen molar-refractivity contribution in [2.75, 3.05) is 41.0 Å². The fourth-order valence-electron chi connectivity index (χ4n) is 4.27. The number of allylic oxidation sites excluding steroid dienone is 2. The van der Waals surface area contributed by atoms with E-state index in [4.69, 9.17) is 23.7 Å². The number of nitroso groups, excluding NO2 is 1. The lowest BCUT2D eigenvalue weighted by Gasteiger charge is -2.22. The van der Waals surface area contributed by atoms with Gasteiger partial charge in [-0.2, -0.15) is 0 Å². The average molecular weight is 557 g/mol. The summed E-state index contributed by atoms with van der Waals surface area (Å²) in [5.41, 5.74) is 4.58. The van der Waals surface area contributed by atoms with E-state index in [0.717, 1.165) is 17.3 Å². The molecule has 0 spiro atoms. The van der Waals surface area contributed by atoms with E-state index in [9.17, 15) is 14.9 Å². The summed E-state index contributed by atoms with van der Waals surface area (Å²) in [7, 11) is 7.41. The molecule has 0 saturated carbocycles. The van der Waals surface area contributed by atoms with Gasteiger partial charge in [-0.3, -0.25) is 15.5 Å². The Morgan fingerprint density at radius 1 is 0.923 bits per heavy atom. The van der Waals surface area contributed by atoms with Gasteiger partial charge in [-0.1, -0.05) is 23.4 Å². The molecule has 0 amide bonds. The molecule has 0 bridgehead atoms. The fourth-order valence-corrected chi connectivity index (χ4v) is 5.27. The first-order valence-corrected chi connectivity index (χ1v) is 12.8. The lowest BCUT2D eigenvalue weighted by atomic mass is 9.97. The monoisotopic (exact) mass is 556 g/mol. The Morgan fingerprint density at radius 2 is 1.54 bits per heavy atom. The van der Waals surface area contributed by atoms with Crippen molar-refractivity contribution in [3.8, 4) is 28.7 Å². The van der Waals surface area contributed by atoms with E-state index in [1.165, 1.54) is 47.7 Å². The maximum atomic E-state index is 13.7. The number of fused-ring (bicyclic) bond motifs is 1. The Labute approximate surface area is 231 Å². The van der Waals surface area contributed by atoms with Gasteiger partial charge in [0.1, 0.15) is 17.2 Å². The van der Waals surface area contributed by atoms with Crippen LogP contribution in [0.4, 0.5) is 11.4 Å². The number of hydrogen-bond donors (Lipinski definition) is 2. The third kappa shape index (κ3) is 6.04. The van der Waals surface area contributed by atoms with E-state index < -0.39 is 5.25 Å². The Morgan fingerprint density at radius 3 is 2.03 bits per heavy atom. The smallest absolute Gasteiger partial charge is 0.220 e.